The molecule has 8 nitrogen and oxygen atoms in total. The van der Waals surface area contributed by atoms with Gasteiger partial charge < -0.3 is 24.3 Å². The molecular weight excluding hydrogens is 467 g/mol. The molecule has 1 amide bonds. The van der Waals surface area contributed by atoms with E-state index >= 15 is 0 Å². The van der Waals surface area contributed by atoms with E-state index in [-0.39, 0.29) is 11.3 Å². The van der Waals surface area contributed by atoms with Gasteiger partial charge in [0.2, 0.25) is 5.75 Å². The zero-order valence-electron chi connectivity index (χ0n) is 18.8. The first-order valence-electron chi connectivity index (χ1n) is 10.2. The highest BCUT2D eigenvalue weighted by Gasteiger charge is 2.31. The number of carbonyl (C=O) groups excluding carboxylic acids is 1. The fourth-order valence-electron chi connectivity index (χ4n) is 3.54. The number of hydrogen-bond acceptors (Lipinski definition) is 6. The number of amides is 1. The first kappa shape index (κ1) is 23.7. The van der Waals surface area contributed by atoms with E-state index in [9.17, 15) is 18.0 Å². The molecule has 1 aromatic heterocycles. The first-order chi connectivity index (χ1) is 16.7. The Morgan fingerprint density at radius 3 is 2.09 bits per heavy atom. The van der Waals surface area contributed by atoms with E-state index in [1.807, 2.05) is 0 Å². The van der Waals surface area contributed by atoms with Crippen LogP contribution in [0.5, 0.6) is 23.0 Å². The van der Waals surface area contributed by atoms with Crippen LogP contribution in [-0.4, -0.2) is 43.8 Å². The van der Waals surface area contributed by atoms with E-state index in [1.54, 1.807) is 18.2 Å². The Labute approximate surface area is 197 Å². The summed E-state index contributed by atoms with van der Waals surface area (Å²) in [6.45, 7) is 0. The summed E-state index contributed by atoms with van der Waals surface area (Å²) in [7, 11) is 4.37. The predicted octanol–water partition coefficient (Wildman–Crippen LogP) is 5.41. The second kappa shape index (κ2) is 9.45. The molecule has 0 spiro atoms. The van der Waals surface area contributed by atoms with Gasteiger partial charge in [-0.1, -0.05) is 18.2 Å². The number of hydrogen-bond donors (Lipinski definition) is 2. The Bertz CT molecular complexity index is 1340. The highest BCUT2D eigenvalue weighted by molar-refractivity contribution is 6.08. The molecule has 4 rings (SSSR count). The summed E-state index contributed by atoms with van der Waals surface area (Å²) >= 11 is 0. The number of benzene rings is 3. The molecule has 0 saturated heterocycles. The number of fused-ring (bicyclic) bond motifs is 1. The molecule has 0 fully saturated rings. The summed E-state index contributed by atoms with van der Waals surface area (Å²) in [5, 5.41) is 10.4. The van der Waals surface area contributed by atoms with Crippen LogP contribution in [0, 0.1) is 0 Å². The van der Waals surface area contributed by atoms with Crippen LogP contribution in [0.2, 0.25) is 0 Å². The van der Waals surface area contributed by atoms with E-state index < -0.39 is 12.3 Å². The van der Waals surface area contributed by atoms with Crippen molar-refractivity contribution in [2.75, 3.05) is 26.6 Å². The summed E-state index contributed by atoms with van der Waals surface area (Å²) in [4.78, 5) is 12.9. The second-order valence-corrected chi connectivity index (χ2v) is 7.27. The van der Waals surface area contributed by atoms with Crippen molar-refractivity contribution in [1.29, 1.82) is 0 Å². The average Bonchev–Trinajstić information content (AvgIpc) is 3.24. The van der Waals surface area contributed by atoms with Gasteiger partial charge in [-0.3, -0.25) is 9.89 Å². The number of H-pyrrole nitrogens is 1. The maximum Gasteiger partial charge on any atom is 0.573 e. The smallest absolute Gasteiger partial charge is 0.493 e. The van der Waals surface area contributed by atoms with Crippen LogP contribution in [0.4, 0.5) is 19.0 Å². The van der Waals surface area contributed by atoms with Crippen molar-refractivity contribution in [3.8, 4) is 34.1 Å². The number of rotatable bonds is 7. The molecule has 1 heterocycles. The zero-order chi connectivity index (χ0) is 25.2. The molecule has 0 aliphatic carbocycles. The predicted molar refractivity (Wildman–Crippen MR) is 122 cm³/mol. The van der Waals surface area contributed by atoms with Gasteiger partial charge in [0.15, 0.2) is 17.3 Å². The number of nitrogens with one attached hydrogen (secondary N) is 2. The largest absolute Gasteiger partial charge is 0.573 e. The molecule has 0 atom stereocenters. The summed E-state index contributed by atoms with van der Waals surface area (Å²) in [5.74, 6) is 0.588. The number of nitrogens with zero attached hydrogens (tertiary/aromatic N) is 1. The minimum atomic E-state index is -4.75. The monoisotopic (exact) mass is 487 g/mol. The lowest BCUT2D eigenvalue weighted by Gasteiger charge is -2.13. The highest BCUT2D eigenvalue weighted by atomic mass is 19.4. The fourth-order valence-corrected chi connectivity index (χ4v) is 3.54. The summed E-state index contributed by atoms with van der Waals surface area (Å²) in [5.41, 5.74) is 2.31. The summed E-state index contributed by atoms with van der Waals surface area (Å²) < 4.78 is 56.9. The normalized spacial score (nSPS) is 11.3. The molecule has 2 N–H and O–H groups in total. The Morgan fingerprint density at radius 2 is 1.51 bits per heavy atom. The average molecular weight is 487 g/mol. The lowest BCUT2D eigenvalue weighted by atomic mass is 10.0. The van der Waals surface area contributed by atoms with Crippen LogP contribution in [-0.2, 0) is 0 Å². The van der Waals surface area contributed by atoms with E-state index in [4.69, 9.17) is 14.2 Å². The Balaban J connectivity index is 1.57. The van der Waals surface area contributed by atoms with Crippen molar-refractivity contribution in [2.24, 2.45) is 0 Å². The quantitative estimate of drug-likeness (QED) is 0.362. The number of aromatic nitrogens is 2. The lowest BCUT2D eigenvalue weighted by Crippen LogP contribution is -2.16. The van der Waals surface area contributed by atoms with Gasteiger partial charge in [-0.05, 0) is 47.5 Å². The number of halogens is 3. The van der Waals surface area contributed by atoms with Gasteiger partial charge in [-0.15, -0.1) is 13.2 Å². The first-order valence-corrected chi connectivity index (χ1v) is 10.2. The van der Waals surface area contributed by atoms with Crippen LogP contribution in [0.3, 0.4) is 0 Å². The number of alkyl halides is 3. The Morgan fingerprint density at radius 1 is 0.886 bits per heavy atom. The third kappa shape index (κ3) is 5.08. The number of aromatic amines is 1. The van der Waals surface area contributed by atoms with Crippen molar-refractivity contribution in [1.82, 2.24) is 10.2 Å². The van der Waals surface area contributed by atoms with E-state index in [0.717, 1.165) is 5.56 Å². The van der Waals surface area contributed by atoms with Gasteiger partial charge in [0, 0.05) is 10.9 Å². The van der Waals surface area contributed by atoms with Crippen molar-refractivity contribution in [2.45, 2.75) is 6.36 Å². The Hall–Kier alpha value is -4.41. The second-order valence-electron chi connectivity index (χ2n) is 7.27. The summed E-state index contributed by atoms with van der Waals surface area (Å²) in [6.07, 6.45) is -4.75. The van der Waals surface area contributed by atoms with Gasteiger partial charge >= 0.3 is 6.36 Å². The fraction of sp³-hybridized carbons (Fsp3) is 0.167. The minimum Gasteiger partial charge on any atom is -0.493 e. The molecule has 4 aromatic rings. The molecule has 0 aliphatic heterocycles. The maximum atomic E-state index is 12.9. The highest BCUT2D eigenvalue weighted by Crippen LogP contribution is 2.38. The van der Waals surface area contributed by atoms with Gasteiger partial charge in [0.05, 0.1) is 26.8 Å². The molecule has 0 aliphatic rings. The van der Waals surface area contributed by atoms with Crippen LogP contribution < -0.4 is 24.3 Å². The van der Waals surface area contributed by atoms with Crippen molar-refractivity contribution in [3.05, 3.63) is 60.2 Å². The Kier molecular flexibility index (Phi) is 6.41. The molecule has 0 unspecified atom stereocenters. The topological polar surface area (TPSA) is 94.7 Å². The van der Waals surface area contributed by atoms with Gasteiger partial charge in [-0.25, -0.2) is 0 Å². The zero-order valence-corrected chi connectivity index (χ0v) is 18.8. The summed E-state index contributed by atoms with van der Waals surface area (Å²) in [6, 6.07) is 13.9. The van der Waals surface area contributed by atoms with Crippen LogP contribution >= 0.6 is 0 Å². The minimum absolute atomic E-state index is 0.272. The number of carbonyl (C=O) groups is 1. The van der Waals surface area contributed by atoms with Gasteiger partial charge in [-0.2, -0.15) is 5.10 Å². The third-order valence-electron chi connectivity index (χ3n) is 5.14. The van der Waals surface area contributed by atoms with Crippen LogP contribution in [0.1, 0.15) is 10.4 Å². The van der Waals surface area contributed by atoms with Gasteiger partial charge in [0.1, 0.15) is 5.75 Å². The van der Waals surface area contributed by atoms with Crippen LogP contribution in [0.25, 0.3) is 22.0 Å². The van der Waals surface area contributed by atoms with Crippen LogP contribution in [0.15, 0.2) is 54.6 Å². The van der Waals surface area contributed by atoms with Crippen molar-refractivity contribution < 1.29 is 36.9 Å². The molecule has 11 heteroatoms. The standard InChI is InChI=1S/C24H20F3N3O5/c1-32-19-11-15(12-20(33-2)21(19)34-3)23(31)28-22-17-9-6-14(10-18(17)29-30-22)13-4-7-16(8-5-13)35-24(25,26)27/h4-12H,1-3H3,(H2,28,29,30,31). The molecule has 3 aromatic carbocycles. The number of ether oxygens (including phenoxy) is 4. The van der Waals surface area contributed by atoms with E-state index in [0.29, 0.717) is 39.5 Å². The van der Waals surface area contributed by atoms with Crippen molar-refractivity contribution in [3.63, 3.8) is 0 Å². The molecule has 35 heavy (non-hydrogen) atoms. The van der Waals surface area contributed by atoms with Gasteiger partial charge in [0.25, 0.3) is 5.91 Å². The SMILES string of the molecule is COc1cc(C(=O)Nc2n[nH]c3cc(-c4ccc(OC(F)(F)F)cc4)ccc23)cc(OC)c1OC. The molecule has 0 saturated carbocycles. The number of anilines is 1. The molecular formula is C24H20F3N3O5. The van der Waals surface area contributed by atoms with Crippen molar-refractivity contribution >= 4 is 22.6 Å². The molecule has 0 radical (unpaired) electrons. The van der Waals surface area contributed by atoms with E-state index in [2.05, 4.69) is 20.3 Å². The molecule has 182 valence electrons. The number of methoxy groups -OCH3 is 3. The lowest BCUT2D eigenvalue weighted by molar-refractivity contribution is -0.274. The molecule has 0 bridgehead atoms. The third-order valence-corrected chi connectivity index (χ3v) is 5.14. The maximum absolute atomic E-state index is 12.9. The van der Waals surface area contributed by atoms with E-state index in [1.165, 1.54) is 57.7 Å².